The Morgan fingerprint density at radius 1 is 1.10 bits per heavy atom. The van der Waals surface area contributed by atoms with Gasteiger partial charge in [0.1, 0.15) is 0 Å². The first-order valence-electron chi connectivity index (χ1n) is 6.94. The van der Waals surface area contributed by atoms with Gasteiger partial charge in [0.15, 0.2) is 0 Å². The molecular formula is C14H18BrCl2NO2S. The third-order valence-corrected chi connectivity index (χ3v) is 6.62. The summed E-state index contributed by atoms with van der Waals surface area (Å²) >= 11 is 15.3. The molecule has 118 valence electrons. The second-order valence-corrected chi connectivity index (χ2v) is 8.70. The van der Waals surface area contributed by atoms with Crippen molar-refractivity contribution in [1.29, 1.82) is 0 Å². The molecule has 0 amide bonds. The molecular weight excluding hydrogens is 397 g/mol. The Balaban J connectivity index is 2.07. The lowest BCUT2D eigenvalue weighted by atomic mass is 9.80. The van der Waals surface area contributed by atoms with Crippen molar-refractivity contribution in [3.8, 4) is 0 Å². The number of sulfonamides is 1. The average molecular weight is 415 g/mol. The van der Waals surface area contributed by atoms with E-state index in [0.717, 1.165) is 18.2 Å². The largest absolute Gasteiger partial charge is 0.240 e. The molecule has 2 atom stereocenters. The van der Waals surface area contributed by atoms with Gasteiger partial charge < -0.3 is 0 Å². The number of hydrogen-bond acceptors (Lipinski definition) is 2. The molecule has 0 radical (unpaired) electrons. The zero-order chi connectivity index (χ0) is 15.5. The minimum absolute atomic E-state index is 0.117. The normalized spacial score (nSPS) is 23.2. The highest BCUT2D eigenvalue weighted by Gasteiger charge is 2.26. The maximum absolute atomic E-state index is 12.3. The lowest BCUT2D eigenvalue weighted by molar-refractivity contribution is 0.263. The fraction of sp³-hybridized carbons (Fsp3) is 0.571. The van der Waals surface area contributed by atoms with Crippen molar-refractivity contribution >= 4 is 49.2 Å². The highest BCUT2D eigenvalue weighted by atomic mass is 79.9. The molecule has 0 saturated heterocycles. The van der Waals surface area contributed by atoms with Crippen LogP contribution >= 0.6 is 39.1 Å². The zero-order valence-electron chi connectivity index (χ0n) is 11.5. The molecule has 2 rings (SSSR count). The summed E-state index contributed by atoms with van der Waals surface area (Å²) < 4.78 is 27.4. The van der Waals surface area contributed by atoms with E-state index in [1.807, 2.05) is 0 Å². The summed E-state index contributed by atoms with van der Waals surface area (Å²) in [5.74, 6) is 0.909. The maximum Gasteiger partial charge on any atom is 0.240 e. The van der Waals surface area contributed by atoms with E-state index in [-0.39, 0.29) is 4.90 Å². The van der Waals surface area contributed by atoms with Gasteiger partial charge in [0.2, 0.25) is 10.0 Å². The van der Waals surface area contributed by atoms with Crippen molar-refractivity contribution in [1.82, 2.24) is 4.72 Å². The molecule has 1 aliphatic rings. The first-order valence-corrected chi connectivity index (χ1v) is 10.3. The molecule has 0 spiro atoms. The van der Waals surface area contributed by atoms with E-state index >= 15 is 0 Å². The van der Waals surface area contributed by atoms with Gasteiger partial charge in [-0.2, -0.15) is 0 Å². The molecule has 1 aliphatic carbocycles. The van der Waals surface area contributed by atoms with Gasteiger partial charge >= 0.3 is 0 Å². The van der Waals surface area contributed by atoms with Crippen molar-refractivity contribution in [2.75, 3.05) is 11.9 Å². The third-order valence-electron chi connectivity index (χ3n) is 3.95. The Labute approximate surface area is 144 Å². The van der Waals surface area contributed by atoms with Crippen LogP contribution in [0.2, 0.25) is 10.0 Å². The molecule has 1 fully saturated rings. The molecule has 0 aromatic heterocycles. The second-order valence-electron chi connectivity index (χ2n) is 5.42. The van der Waals surface area contributed by atoms with Crippen LogP contribution in [0.4, 0.5) is 0 Å². The fourth-order valence-corrected chi connectivity index (χ4v) is 5.41. The summed E-state index contributed by atoms with van der Waals surface area (Å²) in [5.41, 5.74) is 0. The van der Waals surface area contributed by atoms with Crippen LogP contribution in [0.15, 0.2) is 23.1 Å². The third kappa shape index (κ3) is 4.83. The summed E-state index contributed by atoms with van der Waals surface area (Å²) in [6, 6.07) is 4.35. The second kappa shape index (κ2) is 7.64. The SMILES string of the molecule is O=S(=O)(NCC1CCCCC1CBr)c1cc(Cl)cc(Cl)c1. The minimum Gasteiger partial charge on any atom is -0.211 e. The molecule has 1 aromatic rings. The first-order chi connectivity index (χ1) is 9.92. The number of alkyl halides is 1. The summed E-state index contributed by atoms with van der Waals surface area (Å²) in [7, 11) is -3.57. The quantitative estimate of drug-likeness (QED) is 0.722. The van der Waals surface area contributed by atoms with Crippen LogP contribution in [0.25, 0.3) is 0 Å². The van der Waals surface area contributed by atoms with E-state index in [2.05, 4.69) is 20.7 Å². The van der Waals surface area contributed by atoms with Crippen LogP contribution in [0, 0.1) is 11.8 Å². The molecule has 0 bridgehead atoms. The molecule has 2 unspecified atom stereocenters. The number of rotatable bonds is 5. The van der Waals surface area contributed by atoms with E-state index in [4.69, 9.17) is 23.2 Å². The van der Waals surface area contributed by atoms with E-state index in [9.17, 15) is 8.42 Å². The lowest BCUT2D eigenvalue weighted by Gasteiger charge is -2.30. The Hall–Kier alpha value is 0.190. The van der Waals surface area contributed by atoms with Crippen LogP contribution in [0.3, 0.4) is 0 Å². The lowest BCUT2D eigenvalue weighted by Crippen LogP contribution is -2.34. The van der Waals surface area contributed by atoms with E-state index in [1.165, 1.54) is 31.0 Å². The Morgan fingerprint density at radius 2 is 1.67 bits per heavy atom. The summed E-state index contributed by atoms with van der Waals surface area (Å²) in [5, 5.41) is 1.56. The van der Waals surface area contributed by atoms with Crippen LogP contribution < -0.4 is 4.72 Å². The Bertz CT molecular complexity index is 574. The predicted molar refractivity (Wildman–Crippen MR) is 90.9 cm³/mol. The molecule has 0 aliphatic heterocycles. The Kier molecular flexibility index (Phi) is 6.38. The minimum atomic E-state index is -3.57. The van der Waals surface area contributed by atoms with Gasteiger partial charge in [-0.3, -0.25) is 0 Å². The van der Waals surface area contributed by atoms with E-state index in [0.29, 0.717) is 28.4 Å². The van der Waals surface area contributed by atoms with Gasteiger partial charge in [0, 0.05) is 21.9 Å². The van der Waals surface area contributed by atoms with Crippen molar-refractivity contribution in [2.24, 2.45) is 11.8 Å². The standard InChI is InChI=1S/C14H18BrCl2NO2S/c15-8-10-3-1-2-4-11(10)9-18-21(19,20)14-6-12(16)5-13(17)7-14/h5-7,10-11,18H,1-4,8-9H2. The molecule has 0 heterocycles. The van der Waals surface area contributed by atoms with E-state index in [1.54, 1.807) is 0 Å². The summed E-state index contributed by atoms with van der Waals surface area (Å²) in [6.45, 7) is 0.461. The Morgan fingerprint density at radius 3 is 2.24 bits per heavy atom. The van der Waals surface area contributed by atoms with Crippen LogP contribution in [-0.2, 0) is 10.0 Å². The van der Waals surface area contributed by atoms with Crippen LogP contribution in [0.5, 0.6) is 0 Å². The predicted octanol–water partition coefficient (Wildman–Crippen LogP) is 4.47. The molecule has 21 heavy (non-hydrogen) atoms. The topological polar surface area (TPSA) is 46.2 Å². The van der Waals surface area contributed by atoms with Gasteiger partial charge in [0.05, 0.1) is 4.90 Å². The summed E-state index contributed by atoms with van der Waals surface area (Å²) in [6.07, 6.45) is 4.61. The van der Waals surface area contributed by atoms with Gasteiger partial charge in [-0.25, -0.2) is 13.1 Å². The molecule has 3 nitrogen and oxygen atoms in total. The highest BCUT2D eigenvalue weighted by Crippen LogP contribution is 2.31. The number of halogens is 3. The molecule has 1 N–H and O–H groups in total. The van der Waals surface area contributed by atoms with Crippen molar-refractivity contribution in [3.63, 3.8) is 0 Å². The number of nitrogens with one attached hydrogen (secondary N) is 1. The smallest absolute Gasteiger partial charge is 0.211 e. The molecule has 7 heteroatoms. The average Bonchev–Trinajstić information content (AvgIpc) is 2.44. The van der Waals surface area contributed by atoms with Gasteiger partial charge in [-0.05, 0) is 42.9 Å². The van der Waals surface area contributed by atoms with Crippen molar-refractivity contribution in [2.45, 2.75) is 30.6 Å². The maximum atomic E-state index is 12.3. The van der Waals surface area contributed by atoms with Crippen LogP contribution in [-0.4, -0.2) is 20.3 Å². The van der Waals surface area contributed by atoms with E-state index < -0.39 is 10.0 Å². The first kappa shape index (κ1) is 17.5. The summed E-state index contributed by atoms with van der Waals surface area (Å²) in [4.78, 5) is 0.117. The zero-order valence-corrected chi connectivity index (χ0v) is 15.4. The fourth-order valence-electron chi connectivity index (χ4n) is 2.74. The number of hydrogen-bond donors (Lipinski definition) is 1. The van der Waals surface area contributed by atoms with Gasteiger partial charge in [-0.15, -0.1) is 0 Å². The van der Waals surface area contributed by atoms with Gasteiger partial charge in [-0.1, -0.05) is 52.0 Å². The van der Waals surface area contributed by atoms with Crippen LogP contribution in [0.1, 0.15) is 25.7 Å². The van der Waals surface area contributed by atoms with Gasteiger partial charge in [0.25, 0.3) is 0 Å². The molecule has 1 aromatic carbocycles. The monoisotopic (exact) mass is 413 g/mol. The van der Waals surface area contributed by atoms with Crippen molar-refractivity contribution in [3.05, 3.63) is 28.2 Å². The van der Waals surface area contributed by atoms with Crippen molar-refractivity contribution < 1.29 is 8.42 Å². The highest BCUT2D eigenvalue weighted by molar-refractivity contribution is 9.09. The molecule has 1 saturated carbocycles. The number of benzene rings is 1.